The van der Waals surface area contributed by atoms with E-state index >= 15 is 0 Å². The molecular weight excluding hydrogens is 253 g/mol. The highest BCUT2D eigenvalue weighted by atomic mass is 19.4. The summed E-state index contributed by atoms with van der Waals surface area (Å²) in [5, 5.41) is 3.07. The SMILES string of the molecule is NCC1(Nc2ccccc2C(F)(F)F)CCCCC1. The highest BCUT2D eigenvalue weighted by Gasteiger charge is 2.36. The van der Waals surface area contributed by atoms with Crippen LogP contribution in [0.25, 0.3) is 0 Å². The Hall–Kier alpha value is -1.23. The van der Waals surface area contributed by atoms with Crippen LogP contribution >= 0.6 is 0 Å². The maximum Gasteiger partial charge on any atom is 0.418 e. The van der Waals surface area contributed by atoms with Gasteiger partial charge in [-0.2, -0.15) is 13.2 Å². The van der Waals surface area contributed by atoms with Gasteiger partial charge >= 0.3 is 6.18 Å². The molecule has 0 aliphatic heterocycles. The van der Waals surface area contributed by atoms with Crippen LogP contribution in [-0.2, 0) is 6.18 Å². The third-order valence-corrected chi connectivity index (χ3v) is 3.83. The van der Waals surface area contributed by atoms with Gasteiger partial charge in [0.2, 0.25) is 0 Å². The molecule has 0 atom stereocenters. The Balaban J connectivity index is 2.27. The zero-order valence-corrected chi connectivity index (χ0v) is 10.8. The predicted molar refractivity (Wildman–Crippen MR) is 69.9 cm³/mol. The molecule has 2 rings (SSSR count). The first-order chi connectivity index (χ1) is 8.97. The third-order valence-electron chi connectivity index (χ3n) is 3.83. The highest BCUT2D eigenvalue weighted by Crippen LogP contribution is 2.38. The summed E-state index contributed by atoms with van der Waals surface area (Å²) >= 11 is 0. The van der Waals surface area contributed by atoms with Crippen LogP contribution in [0.1, 0.15) is 37.7 Å². The van der Waals surface area contributed by atoms with Crippen molar-refractivity contribution in [3.05, 3.63) is 29.8 Å². The number of rotatable bonds is 3. The molecule has 2 nitrogen and oxygen atoms in total. The van der Waals surface area contributed by atoms with E-state index < -0.39 is 11.7 Å². The van der Waals surface area contributed by atoms with Crippen LogP contribution in [0, 0.1) is 0 Å². The number of nitrogens with two attached hydrogens (primary N) is 1. The molecule has 1 saturated carbocycles. The maximum absolute atomic E-state index is 13.0. The number of anilines is 1. The smallest absolute Gasteiger partial charge is 0.378 e. The van der Waals surface area contributed by atoms with Crippen molar-refractivity contribution in [1.29, 1.82) is 0 Å². The topological polar surface area (TPSA) is 38.0 Å². The van der Waals surface area contributed by atoms with E-state index in [2.05, 4.69) is 5.32 Å². The fourth-order valence-electron chi connectivity index (χ4n) is 2.73. The van der Waals surface area contributed by atoms with Gasteiger partial charge in [0.25, 0.3) is 0 Å². The molecule has 0 bridgehead atoms. The molecule has 106 valence electrons. The molecule has 0 aromatic heterocycles. The van der Waals surface area contributed by atoms with E-state index in [4.69, 9.17) is 5.73 Å². The first-order valence-electron chi connectivity index (χ1n) is 6.61. The molecule has 3 N–H and O–H groups in total. The van der Waals surface area contributed by atoms with Gasteiger partial charge in [-0.3, -0.25) is 0 Å². The van der Waals surface area contributed by atoms with Crippen LogP contribution in [0.5, 0.6) is 0 Å². The van der Waals surface area contributed by atoms with Gasteiger partial charge in [-0.05, 0) is 25.0 Å². The molecule has 1 aromatic rings. The molecular formula is C14H19F3N2. The first kappa shape index (κ1) is 14.2. The Bertz CT molecular complexity index is 423. The second-order valence-electron chi connectivity index (χ2n) is 5.21. The van der Waals surface area contributed by atoms with Gasteiger partial charge in [-0.1, -0.05) is 31.4 Å². The van der Waals surface area contributed by atoms with E-state index in [1.54, 1.807) is 6.07 Å². The molecule has 0 unspecified atom stereocenters. The van der Waals surface area contributed by atoms with Crippen molar-refractivity contribution < 1.29 is 13.2 Å². The van der Waals surface area contributed by atoms with Crippen molar-refractivity contribution in [2.45, 2.75) is 43.8 Å². The van der Waals surface area contributed by atoms with Gasteiger partial charge in [0.1, 0.15) is 0 Å². The normalized spacial score (nSPS) is 19.2. The average Bonchev–Trinajstić information content (AvgIpc) is 2.39. The van der Waals surface area contributed by atoms with Gasteiger partial charge in [0, 0.05) is 17.8 Å². The summed E-state index contributed by atoms with van der Waals surface area (Å²) in [6.45, 7) is 0.360. The first-order valence-corrected chi connectivity index (χ1v) is 6.61. The Morgan fingerprint density at radius 1 is 1.11 bits per heavy atom. The maximum atomic E-state index is 13.0. The van der Waals surface area contributed by atoms with Gasteiger partial charge in [0.05, 0.1) is 5.56 Å². The van der Waals surface area contributed by atoms with Crippen molar-refractivity contribution in [2.75, 3.05) is 11.9 Å². The molecule has 0 heterocycles. The van der Waals surface area contributed by atoms with E-state index in [1.165, 1.54) is 12.1 Å². The molecule has 0 spiro atoms. The number of alkyl halides is 3. The van der Waals surface area contributed by atoms with Crippen LogP contribution < -0.4 is 11.1 Å². The zero-order valence-electron chi connectivity index (χ0n) is 10.8. The predicted octanol–water partition coefficient (Wildman–Crippen LogP) is 3.78. The summed E-state index contributed by atoms with van der Waals surface area (Å²) in [6, 6.07) is 5.61. The summed E-state index contributed by atoms with van der Waals surface area (Å²) in [4.78, 5) is 0. The highest BCUT2D eigenvalue weighted by molar-refractivity contribution is 5.54. The van der Waals surface area contributed by atoms with E-state index in [1.807, 2.05) is 0 Å². The average molecular weight is 272 g/mol. The van der Waals surface area contributed by atoms with Crippen LogP contribution in [0.4, 0.5) is 18.9 Å². The number of halogens is 3. The standard InChI is InChI=1S/C14H19F3N2/c15-14(16,17)11-6-2-3-7-12(11)19-13(10-18)8-4-1-5-9-13/h2-3,6-7,19H,1,4-5,8-10,18H2. The monoisotopic (exact) mass is 272 g/mol. The number of para-hydroxylation sites is 1. The molecule has 19 heavy (non-hydrogen) atoms. The minimum atomic E-state index is -4.34. The van der Waals surface area contributed by atoms with Gasteiger partial charge in [-0.15, -0.1) is 0 Å². The quantitative estimate of drug-likeness (QED) is 0.878. The molecule has 1 fully saturated rings. The van der Waals surface area contributed by atoms with Crippen molar-refractivity contribution in [3.8, 4) is 0 Å². The Morgan fingerprint density at radius 3 is 2.32 bits per heavy atom. The van der Waals surface area contributed by atoms with Crippen LogP contribution in [0.15, 0.2) is 24.3 Å². The lowest BCUT2D eigenvalue weighted by atomic mass is 9.81. The second kappa shape index (κ2) is 5.41. The summed E-state index contributed by atoms with van der Waals surface area (Å²) in [7, 11) is 0. The Morgan fingerprint density at radius 2 is 1.74 bits per heavy atom. The Kier molecular flexibility index (Phi) is 4.04. The largest absolute Gasteiger partial charge is 0.418 e. The lowest BCUT2D eigenvalue weighted by Gasteiger charge is -2.38. The number of nitrogens with one attached hydrogen (secondary N) is 1. The summed E-state index contributed by atoms with van der Waals surface area (Å²) in [5.74, 6) is 0. The molecule has 0 radical (unpaired) electrons. The van der Waals surface area contributed by atoms with Gasteiger partial charge in [0.15, 0.2) is 0 Å². The van der Waals surface area contributed by atoms with E-state index in [0.29, 0.717) is 6.54 Å². The zero-order chi connectivity index (χ0) is 13.9. The minimum Gasteiger partial charge on any atom is -0.378 e. The second-order valence-corrected chi connectivity index (χ2v) is 5.21. The number of hydrogen-bond donors (Lipinski definition) is 2. The van der Waals surface area contributed by atoms with Crippen molar-refractivity contribution >= 4 is 5.69 Å². The van der Waals surface area contributed by atoms with E-state index in [0.717, 1.165) is 38.2 Å². The van der Waals surface area contributed by atoms with Crippen molar-refractivity contribution in [2.24, 2.45) is 5.73 Å². The lowest BCUT2D eigenvalue weighted by molar-refractivity contribution is -0.137. The van der Waals surface area contributed by atoms with E-state index in [-0.39, 0.29) is 11.2 Å². The van der Waals surface area contributed by atoms with Crippen LogP contribution in [0.3, 0.4) is 0 Å². The molecule has 0 saturated heterocycles. The Labute approximate surface area is 111 Å². The fourth-order valence-corrected chi connectivity index (χ4v) is 2.73. The molecule has 5 heteroatoms. The van der Waals surface area contributed by atoms with E-state index in [9.17, 15) is 13.2 Å². The summed E-state index contributed by atoms with van der Waals surface area (Å²) in [5.41, 5.74) is 4.94. The van der Waals surface area contributed by atoms with Crippen LogP contribution in [-0.4, -0.2) is 12.1 Å². The third kappa shape index (κ3) is 3.21. The van der Waals surface area contributed by atoms with Gasteiger partial charge < -0.3 is 11.1 Å². The molecule has 1 aliphatic carbocycles. The van der Waals surface area contributed by atoms with Gasteiger partial charge in [-0.25, -0.2) is 0 Å². The molecule has 1 aliphatic rings. The summed E-state index contributed by atoms with van der Waals surface area (Å²) < 4.78 is 38.9. The number of hydrogen-bond acceptors (Lipinski definition) is 2. The fraction of sp³-hybridized carbons (Fsp3) is 0.571. The lowest BCUT2D eigenvalue weighted by Crippen LogP contribution is -2.47. The molecule has 1 aromatic carbocycles. The minimum absolute atomic E-state index is 0.141. The molecule has 0 amide bonds. The number of benzene rings is 1. The van der Waals surface area contributed by atoms with Crippen LogP contribution in [0.2, 0.25) is 0 Å². The summed E-state index contributed by atoms with van der Waals surface area (Å²) in [6.07, 6.45) is 0.473. The van der Waals surface area contributed by atoms with Crippen molar-refractivity contribution in [3.63, 3.8) is 0 Å². The van der Waals surface area contributed by atoms with Crippen molar-refractivity contribution in [1.82, 2.24) is 0 Å².